The molecule has 0 aliphatic heterocycles. The summed E-state index contributed by atoms with van der Waals surface area (Å²) >= 11 is 0. The van der Waals surface area contributed by atoms with Crippen LogP contribution in [0.2, 0.25) is 0 Å². The van der Waals surface area contributed by atoms with Gasteiger partial charge in [0, 0.05) is 5.92 Å². The molecule has 1 atom stereocenters. The molecule has 3 nitrogen and oxygen atoms in total. The van der Waals surface area contributed by atoms with Gasteiger partial charge in [-0.3, -0.25) is 0 Å². The molecule has 1 aliphatic carbocycles. The summed E-state index contributed by atoms with van der Waals surface area (Å²) in [7, 11) is 0. The lowest BCUT2D eigenvalue weighted by atomic mass is 9.68. The Morgan fingerprint density at radius 1 is 1.65 bits per heavy atom. The molecule has 1 aliphatic rings. The molecule has 0 saturated carbocycles. The van der Waals surface area contributed by atoms with Crippen LogP contribution < -0.4 is 0 Å². The van der Waals surface area contributed by atoms with Crippen molar-refractivity contribution in [1.82, 2.24) is 0 Å². The quantitative estimate of drug-likeness (QED) is 0.347. The predicted molar refractivity (Wildman–Crippen MR) is 67.7 cm³/mol. The van der Waals surface area contributed by atoms with Crippen LogP contribution in [0.4, 0.5) is 4.79 Å². The molecule has 0 aromatic heterocycles. The van der Waals surface area contributed by atoms with Gasteiger partial charge < -0.3 is 9.84 Å². The maximum atomic E-state index is 10.3. The summed E-state index contributed by atoms with van der Waals surface area (Å²) in [5.74, 6) is 0.470. The van der Waals surface area contributed by atoms with Crippen molar-refractivity contribution in [3.8, 4) is 0 Å². The normalized spacial score (nSPS) is 23.2. The van der Waals surface area contributed by atoms with Crippen molar-refractivity contribution in [2.45, 2.75) is 33.6 Å². The molecule has 0 saturated heterocycles. The smallest absolute Gasteiger partial charge is 0.449 e. The third-order valence-electron chi connectivity index (χ3n) is 3.28. The van der Waals surface area contributed by atoms with Crippen LogP contribution in [0.5, 0.6) is 0 Å². The van der Waals surface area contributed by atoms with Crippen LogP contribution in [0, 0.1) is 11.3 Å². The van der Waals surface area contributed by atoms with Crippen molar-refractivity contribution < 1.29 is 14.6 Å². The first-order chi connectivity index (χ1) is 7.83. The fraction of sp³-hybridized carbons (Fsp3) is 0.500. The van der Waals surface area contributed by atoms with Crippen LogP contribution in [0.15, 0.2) is 36.1 Å². The Labute approximate surface area is 102 Å². The summed E-state index contributed by atoms with van der Waals surface area (Å²) in [6.07, 6.45) is 6.77. The molecular weight excluding hydrogens is 216 g/mol. The molecule has 3 heteroatoms. The number of hydrogen-bond donors (Lipinski definition) is 1. The third-order valence-corrected chi connectivity index (χ3v) is 3.28. The second-order valence-electron chi connectivity index (χ2n) is 5.15. The Morgan fingerprint density at radius 2 is 2.29 bits per heavy atom. The zero-order valence-electron chi connectivity index (χ0n) is 10.7. The van der Waals surface area contributed by atoms with E-state index in [1.807, 2.05) is 6.08 Å². The van der Waals surface area contributed by atoms with E-state index in [-0.39, 0.29) is 11.2 Å². The minimum atomic E-state index is -1.32. The van der Waals surface area contributed by atoms with E-state index in [1.165, 1.54) is 5.57 Å². The molecule has 17 heavy (non-hydrogen) atoms. The van der Waals surface area contributed by atoms with Crippen molar-refractivity contribution in [3.63, 3.8) is 0 Å². The topological polar surface area (TPSA) is 46.5 Å². The van der Waals surface area contributed by atoms with Crippen LogP contribution in [-0.4, -0.2) is 11.3 Å². The molecule has 0 spiro atoms. The van der Waals surface area contributed by atoms with Crippen molar-refractivity contribution in [3.05, 3.63) is 36.1 Å². The fourth-order valence-corrected chi connectivity index (χ4v) is 2.33. The summed E-state index contributed by atoms with van der Waals surface area (Å²) in [6.45, 7) is 10.1. The van der Waals surface area contributed by atoms with Gasteiger partial charge in [-0.05, 0) is 31.3 Å². The average molecular weight is 236 g/mol. The Morgan fingerprint density at radius 3 is 2.82 bits per heavy atom. The van der Waals surface area contributed by atoms with Crippen LogP contribution in [0.1, 0.15) is 33.6 Å². The van der Waals surface area contributed by atoms with E-state index in [4.69, 9.17) is 5.11 Å². The average Bonchev–Trinajstić information content (AvgIpc) is 2.14. The van der Waals surface area contributed by atoms with E-state index in [9.17, 15) is 4.79 Å². The summed E-state index contributed by atoms with van der Waals surface area (Å²) in [5, 5.41) is 8.45. The first kappa shape index (κ1) is 13.6. The molecule has 0 heterocycles. The van der Waals surface area contributed by atoms with Crippen molar-refractivity contribution in [1.29, 1.82) is 0 Å². The van der Waals surface area contributed by atoms with E-state index in [0.29, 0.717) is 5.92 Å². The Balaban J connectivity index is 2.75. The first-order valence-electron chi connectivity index (χ1n) is 5.77. The molecule has 94 valence electrons. The number of allylic oxidation sites excluding steroid dienone is 4. The minimum Gasteiger partial charge on any atom is -0.449 e. The Hall–Kier alpha value is -1.51. The summed E-state index contributed by atoms with van der Waals surface area (Å²) in [5.41, 5.74) is 1.51. The third kappa shape index (κ3) is 3.77. The Bertz CT molecular complexity index is 375. The fourth-order valence-electron chi connectivity index (χ4n) is 2.33. The molecule has 0 aromatic carbocycles. The van der Waals surface area contributed by atoms with Crippen molar-refractivity contribution >= 4 is 6.16 Å². The largest absolute Gasteiger partial charge is 0.511 e. The van der Waals surface area contributed by atoms with E-state index in [0.717, 1.165) is 12.8 Å². The lowest BCUT2D eigenvalue weighted by Gasteiger charge is -2.36. The SMILES string of the molecule is C=C(/C=C/[C@H]1C(C)=CCCC1(C)C)OC(=O)O. The Kier molecular flexibility index (Phi) is 4.16. The van der Waals surface area contributed by atoms with Gasteiger partial charge in [-0.15, -0.1) is 0 Å². The molecule has 1 N–H and O–H groups in total. The highest BCUT2D eigenvalue weighted by atomic mass is 16.7. The van der Waals surface area contributed by atoms with E-state index >= 15 is 0 Å². The van der Waals surface area contributed by atoms with Gasteiger partial charge >= 0.3 is 6.16 Å². The van der Waals surface area contributed by atoms with Gasteiger partial charge in [0.05, 0.1) is 0 Å². The van der Waals surface area contributed by atoms with Crippen molar-refractivity contribution in [2.75, 3.05) is 0 Å². The van der Waals surface area contributed by atoms with E-state index in [1.54, 1.807) is 6.08 Å². The van der Waals surface area contributed by atoms with Crippen molar-refractivity contribution in [2.24, 2.45) is 11.3 Å². The molecule has 0 radical (unpaired) electrons. The maximum absolute atomic E-state index is 10.3. The van der Waals surface area contributed by atoms with Crippen LogP contribution in [-0.2, 0) is 4.74 Å². The van der Waals surface area contributed by atoms with Gasteiger partial charge in [-0.1, -0.05) is 38.2 Å². The molecule has 0 bridgehead atoms. The number of rotatable bonds is 3. The number of carboxylic acid groups (broad SMARTS) is 1. The predicted octanol–water partition coefficient (Wildman–Crippen LogP) is 4.13. The van der Waals surface area contributed by atoms with Gasteiger partial charge in [0.2, 0.25) is 0 Å². The highest BCUT2D eigenvalue weighted by Gasteiger charge is 2.30. The molecule has 0 aromatic rings. The molecule has 0 fully saturated rings. The number of carbonyl (C=O) groups is 1. The second kappa shape index (κ2) is 5.21. The minimum absolute atomic E-state index is 0.159. The molecular formula is C14H20O3. The molecule has 0 unspecified atom stereocenters. The molecule has 1 rings (SSSR count). The van der Waals surface area contributed by atoms with Crippen LogP contribution in [0.3, 0.4) is 0 Å². The van der Waals surface area contributed by atoms with Crippen LogP contribution in [0.25, 0.3) is 0 Å². The van der Waals surface area contributed by atoms with Crippen LogP contribution >= 0.6 is 0 Å². The van der Waals surface area contributed by atoms with Gasteiger partial charge in [-0.25, -0.2) is 4.79 Å². The van der Waals surface area contributed by atoms with E-state index < -0.39 is 6.16 Å². The summed E-state index contributed by atoms with van der Waals surface area (Å²) in [6, 6.07) is 0. The zero-order valence-corrected chi connectivity index (χ0v) is 10.7. The lowest BCUT2D eigenvalue weighted by molar-refractivity contribution is 0.122. The first-order valence-corrected chi connectivity index (χ1v) is 5.77. The van der Waals surface area contributed by atoms with Gasteiger partial charge in [0.1, 0.15) is 5.76 Å². The summed E-state index contributed by atoms with van der Waals surface area (Å²) in [4.78, 5) is 10.3. The monoisotopic (exact) mass is 236 g/mol. The standard InChI is InChI=1S/C14H20O3/c1-10-6-5-9-14(3,4)12(10)8-7-11(2)17-13(15)16/h6-8,12H,2,5,9H2,1,3-4H3,(H,15,16)/b8-7+/t12-/m0/s1. The lowest BCUT2D eigenvalue weighted by Crippen LogP contribution is -2.26. The highest BCUT2D eigenvalue weighted by Crippen LogP contribution is 2.41. The molecule has 0 amide bonds. The van der Waals surface area contributed by atoms with Gasteiger partial charge in [-0.2, -0.15) is 0 Å². The number of ether oxygens (including phenoxy) is 1. The second-order valence-corrected chi connectivity index (χ2v) is 5.15. The summed E-state index contributed by atoms with van der Waals surface area (Å²) < 4.78 is 4.46. The maximum Gasteiger partial charge on any atom is 0.511 e. The zero-order chi connectivity index (χ0) is 13.1. The van der Waals surface area contributed by atoms with Gasteiger partial charge in [0.15, 0.2) is 0 Å². The van der Waals surface area contributed by atoms with E-state index in [2.05, 4.69) is 38.2 Å². The van der Waals surface area contributed by atoms with Gasteiger partial charge in [0.25, 0.3) is 0 Å². The highest BCUT2D eigenvalue weighted by molar-refractivity contribution is 5.59. The number of hydrogen-bond acceptors (Lipinski definition) is 2.